The van der Waals surface area contributed by atoms with Crippen LogP contribution in [0.3, 0.4) is 0 Å². The Morgan fingerprint density at radius 1 is 1.40 bits per heavy atom. The van der Waals surface area contributed by atoms with Crippen molar-refractivity contribution in [3.63, 3.8) is 0 Å². The monoisotopic (exact) mass is 295 g/mol. The van der Waals surface area contributed by atoms with Crippen molar-refractivity contribution in [1.82, 2.24) is 14.9 Å². The zero-order chi connectivity index (χ0) is 14.5. The molecular formula is C15H19ClFN3. The van der Waals surface area contributed by atoms with E-state index in [1.54, 1.807) is 6.07 Å². The van der Waals surface area contributed by atoms with Gasteiger partial charge in [-0.25, -0.2) is 9.37 Å². The maximum Gasteiger partial charge on any atom is 0.124 e. The lowest BCUT2D eigenvalue weighted by Gasteiger charge is -2.12. The molecule has 0 fully saturated rings. The second-order valence-electron chi connectivity index (χ2n) is 4.80. The molecule has 0 unspecified atom stereocenters. The number of halogens is 2. The number of hydrogen-bond acceptors (Lipinski definition) is 2. The van der Waals surface area contributed by atoms with Gasteiger partial charge in [-0.2, -0.15) is 0 Å². The van der Waals surface area contributed by atoms with E-state index in [0.29, 0.717) is 11.6 Å². The van der Waals surface area contributed by atoms with Gasteiger partial charge in [-0.05, 0) is 37.6 Å². The Morgan fingerprint density at radius 3 is 2.90 bits per heavy atom. The van der Waals surface area contributed by atoms with Gasteiger partial charge in [0.15, 0.2) is 0 Å². The first-order chi connectivity index (χ1) is 9.61. The van der Waals surface area contributed by atoms with Crippen LogP contribution in [0.5, 0.6) is 0 Å². The quantitative estimate of drug-likeness (QED) is 0.826. The van der Waals surface area contributed by atoms with Crippen LogP contribution in [0, 0.1) is 12.7 Å². The van der Waals surface area contributed by atoms with E-state index in [2.05, 4.69) is 21.8 Å². The molecule has 0 bridgehead atoms. The molecule has 1 aromatic heterocycles. The number of imidazole rings is 1. The smallest absolute Gasteiger partial charge is 0.124 e. The highest BCUT2D eigenvalue weighted by Crippen LogP contribution is 2.19. The van der Waals surface area contributed by atoms with Gasteiger partial charge in [0.25, 0.3) is 0 Å². The molecule has 1 heterocycles. The first-order valence-corrected chi connectivity index (χ1v) is 7.15. The van der Waals surface area contributed by atoms with Crippen LogP contribution in [-0.4, -0.2) is 16.1 Å². The molecule has 1 N–H and O–H groups in total. The van der Waals surface area contributed by atoms with Gasteiger partial charge >= 0.3 is 0 Å². The Hall–Kier alpha value is -1.39. The van der Waals surface area contributed by atoms with E-state index >= 15 is 0 Å². The number of aryl methyl sites for hydroxylation is 1. The van der Waals surface area contributed by atoms with Gasteiger partial charge in [0, 0.05) is 17.8 Å². The average molecular weight is 296 g/mol. The summed E-state index contributed by atoms with van der Waals surface area (Å²) in [5.41, 5.74) is 2.00. The summed E-state index contributed by atoms with van der Waals surface area (Å²) in [6, 6.07) is 4.50. The predicted molar refractivity (Wildman–Crippen MR) is 79.5 cm³/mol. The molecule has 0 amide bonds. The summed E-state index contributed by atoms with van der Waals surface area (Å²) >= 11 is 6.09. The molecule has 0 saturated carbocycles. The summed E-state index contributed by atoms with van der Waals surface area (Å²) in [6.07, 6.45) is 2.96. The minimum absolute atomic E-state index is 0.314. The van der Waals surface area contributed by atoms with Gasteiger partial charge in [0.2, 0.25) is 0 Å². The molecule has 2 aromatic rings. The van der Waals surface area contributed by atoms with E-state index in [1.807, 2.05) is 13.1 Å². The van der Waals surface area contributed by atoms with E-state index in [4.69, 9.17) is 11.6 Å². The molecule has 0 aliphatic heterocycles. The Kier molecular flexibility index (Phi) is 5.15. The van der Waals surface area contributed by atoms with Crippen molar-refractivity contribution in [2.24, 2.45) is 0 Å². The van der Waals surface area contributed by atoms with Gasteiger partial charge in [-0.1, -0.05) is 24.6 Å². The molecule has 0 aliphatic rings. The molecule has 0 aliphatic carbocycles. The first-order valence-electron chi connectivity index (χ1n) is 6.77. The Labute approximate surface area is 123 Å². The number of rotatable bonds is 6. The van der Waals surface area contributed by atoms with E-state index in [1.165, 1.54) is 12.1 Å². The second kappa shape index (κ2) is 6.86. The lowest BCUT2D eigenvalue weighted by atomic mass is 10.2. The molecule has 0 radical (unpaired) electrons. The van der Waals surface area contributed by atoms with Crippen LogP contribution in [0.15, 0.2) is 24.4 Å². The summed E-state index contributed by atoms with van der Waals surface area (Å²) in [4.78, 5) is 4.34. The Morgan fingerprint density at radius 2 is 2.20 bits per heavy atom. The topological polar surface area (TPSA) is 29.9 Å². The van der Waals surface area contributed by atoms with Crippen LogP contribution in [0.2, 0.25) is 5.02 Å². The maximum absolute atomic E-state index is 13.1. The van der Waals surface area contributed by atoms with Crippen LogP contribution in [0.25, 0.3) is 0 Å². The molecule has 0 atom stereocenters. The molecule has 20 heavy (non-hydrogen) atoms. The number of nitrogens with one attached hydrogen (secondary N) is 1. The van der Waals surface area contributed by atoms with Gasteiger partial charge < -0.3 is 9.88 Å². The number of hydrogen-bond donors (Lipinski definition) is 1. The van der Waals surface area contributed by atoms with Crippen LogP contribution >= 0.6 is 11.6 Å². The number of nitrogens with zero attached hydrogens (tertiary/aromatic N) is 2. The Balaban J connectivity index is 2.17. The molecule has 108 valence electrons. The maximum atomic E-state index is 13.1. The van der Waals surface area contributed by atoms with Crippen LogP contribution in [-0.2, 0) is 13.1 Å². The molecule has 5 heteroatoms. The average Bonchev–Trinajstić information content (AvgIpc) is 2.75. The molecular weight excluding hydrogens is 277 g/mol. The fraction of sp³-hybridized carbons (Fsp3) is 0.400. The largest absolute Gasteiger partial charge is 0.327 e. The number of aromatic nitrogens is 2. The predicted octanol–water partition coefficient (Wildman–Crippen LogP) is 3.53. The van der Waals surface area contributed by atoms with Gasteiger partial charge in [-0.15, -0.1) is 0 Å². The fourth-order valence-corrected chi connectivity index (χ4v) is 2.31. The highest BCUT2D eigenvalue weighted by atomic mass is 35.5. The summed E-state index contributed by atoms with van der Waals surface area (Å²) in [7, 11) is 0. The van der Waals surface area contributed by atoms with Crippen LogP contribution < -0.4 is 5.32 Å². The highest BCUT2D eigenvalue weighted by molar-refractivity contribution is 6.31. The minimum Gasteiger partial charge on any atom is -0.327 e. The van der Waals surface area contributed by atoms with Gasteiger partial charge in [-0.3, -0.25) is 0 Å². The van der Waals surface area contributed by atoms with Crippen molar-refractivity contribution in [2.75, 3.05) is 6.54 Å². The van der Waals surface area contributed by atoms with E-state index < -0.39 is 0 Å². The standard InChI is InChI=1S/C15H19ClFN3/c1-3-6-18-8-14-9-19-11(2)20(14)10-12-4-5-13(17)7-15(12)16/h4-5,7,9,18H,3,6,8,10H2,1-2H3. The van der Waals surface area contributed by atoms with Crippen molar-refractivity contribution in [1.29, 1.82) is 0 Å². The van der Waals surface area contributed by atoms with Crippen molar-refractivity contribution >= 4 is 11.6 Å². The Bertz CT molecular complexity index is 580. The SMILES string of the molecule is CCCNCc1cnc(C)n1Cc1ccc(F)cc1Cl. The molecule has 0 spiro atoms. The number of benzene rings is 1. The van der Waals surface area contributed by atoms with Gasteiger partial charge in [0.1, 0.15) is 11.6 Å². The summed E-state index contributed by atoms with van der Waals surface area (Å²) in [5, 5.41) is 3.81. The van der Waals surface area contributed by atoms with Crippen molar-refractivity contribution in [3.05, 3.63) is 52.3 Å². The normalized spacial score (nSPS) is 11.0. The molecule has 3 nitrogen and oxygen atoms in total. The van der Waals surface area contributed by atoms with E-state index in [-0.39, 0.29) is 5.82 Å². The van der Waals surface area contributed by atoms with Crippen LogP contribution in [0.4, 0.5) is 4.39 Å². The third kappa shape index (κ3) is 3.58. The highest BCUT2D eigenvalue weighted by Gasteiger charge is 2.09. The van der Waals surface area contributed by atoms with Gasteiger partial charge in [0.05, 0.1) is 12.2 Å². The zero-order valence-electron chi connectivity index (χ0n) is 11.8. The molecule has 1 aromatic carbocycles. The van der Waals surface area contributed by atoms with E-state index in [0.717, 1.165) is 36.6 Å². The van der Waals surface area contributed by atoms with Crippen molar-refractivity contribution < 1.29 is 4.39 Å². The summed E-state index contributed by atoms with van der Waals surface area (Å²) in [6.45, 7) is 6.44. The summed E-state index contributed by atoms with van der Waals surface area (Å²) < 4.78 is 15.2. The third-order valence-corrected chi connectivity index (χ3v) is 3.57. The van der Waals surface area contributed by atoms with Crippen LogP contribution in [0.1, 0.15) is 30.4 Å². The zero-order valence-corrected chi connectivity index (χ0v) is 12.5. The lowest BCUT2D eigenvalue weighted by Crippen LogP contribution is -2.17. The lowest BCUT2D eigenvalue weighted by molar-refractivity contribution is 0.617. The first kappa shape index (κ1) is 15.0. The summed E-state index contributed by atoms with van der Waals surface area (Å²) in [5.74, 6) is 0.615. The minimum atomic E-state index is -0.314. The molecule has 2 rings (SSSR count). The van der Waals surface area contributed by atoms with Crippen molar-refractivity contribution in [3.8, 4) is 0 Å². The fourth-order valence-electron chi connectivity index (χ4n) is 2.09. The molecule has 0 saturated heterocycles. The van der Waals surface area contributed by atoms with Crippen molar-refractivity contribution in [2.45, 2.75) is 33.4 Å². The van der Waals surface area contributed by atoms with E-state index in [9.17, 15) is 4.39 Å². The second-order valence-corrected chi connectivity index (χ2v) is 5.20. The third-order valence-electron chi connectivity index (χ3n) is 3.21.